The first-order valence-electron chi connectivity index (χ1n) is 17.7. The normalized spacial score (nSPS) is 13.9. The summed E-state index contributed by atoms with van der Waals surface area (Å²) in [5.74, 6) is -4.80. The van der Waals surface area contributed by atoms with Crippen molar-refractivity contribution in [3.8, 4) is 10.6 Å². The molecule has 5 rings (SSSR count). The van der Waals surface area contributed by atoms with E-state index in [-0.39, 0.29) is 23.9 Å². The molecule has 16 nitrogen and oxygen atoms in total. The van der Waals surface area contributed by atoms with Crippen molar-refractivity contribution in [3.63, 3.8) is 0 Å². The van der Waals surface area contributed by atoms with Crippen molar-refractivity contribution in [1.82, 2.24) is 36.1 Å². The molecule has 5 aromatic rings. The van der Waals surface area contributed by atoms with Gasteiger partial charge in [-0.25, -0.2) is 4.98 Å². The quantitative estimate of drug-likeness (QED) is 0.0493. The number of anilines is 1. The summed E-state index contributed by atoms with van der Waals surface area (Å²) in [6, 6.07) is 11.0. The number of thiazole rings is 1. The number of nitrogens with zero attached hydrogens (tertiary/aromatic N) is 2. The third kappa shape index (κ3) is 10.2. The summed E-state index contributed by atoms with van der Waals surface area (Å²) in [5.41, 5.74) is 9.06. The maximum absolute atomic E-state index is 13.9. The van der Waals surface area contributed by atoms with Gasteiger partial charge in [0.2, 0.25) is 23.5 Å². The Kier molecular flexibility index (Phi) is 13.7. The first-order chi connectivity index (χ1) is 26.6. The molecule has 0 aliphatic rings. The number of aromatic nitrogens is 4. The molecule has 0 unspecified atom stereocenters. The van der Waals surface area contributed by atoms with Crippen molar-refractivity contribution < 1.29 is 33.9 Å². The van der Waals surface area contributed by atoms with Crippen LogP contribution in [0.3, 0.4) is 0 Å². The van der Waals surface area contributed by atoms with Crippen LogP contribution in [-0.4, -0.2) is 84.8 Å². The molecular weight excluding hydrogens is 853 g/mol. The Morgan fingerprint density at radius 3 is 2.32 bits per heavy atom. The number of H-pyrrole nitrogens is 2. The Balaban J connectivity index is 1.31. The monoisotopic (exact) mass is 895 g/mol. The maximum atomic E-state index is 13.9. The lowest BCUT2D eigenvalue weighted by atomic mass is 9.98. The number of carboxylic acids is 1. The van der Waals surface area contributed by atoms with E-state index in [2.05, 4.69) is 64.0 Å². The zero-order valence-electron chi connectivity index (χ0n) is 30.9. The van der Waals surface area contributed by atoms with Crippen molar-refractivity contribution >= 4 is 85.3 Å². The summed E-state index contributed by atoms with van der Waals surface area (Å²) < 4.78 is 0.994. The number of nitrogens with one attached hydrogen (secondary N) is 6. The number of Topliss-reactive ketones (excluding diaryl/α,β-unsaturated/α-hetero) is 1. The molecule has 0 radical (unpaired) electrons. The van der Waals surface area contributed by atoms with Crippen molar-refractivity contribution in [2.75, 3.05) is 5.32 Å². The molecule has 18 heteroatoms. The molecule has 0 aliphatic carbocycles. The highest BCUT2D eigenvalue weighted by Crippen LogP contribution is 2.32. The van der Waals surface area contributed by atoms with E-state index in [1.807, 2.05) is 43.3 Å². The summed E-state index contributed by atoms with van der Waals surface area (Å²) in [7, 11) is 0. The fourth-order valence-electron chi connectivity index (χ4n) is 5.80. The number of benzene rings is 2. The third-order valence-electron chi connectivity index (χ3n) is 9.25. The number of rotatable bonds is 17. The van der Waals surface area contributed by atoms with Crippen LogP contribution in [0.25, 0.3) is 21.5 Å². The van der Waals surface area contributed by atoms with Gasteiger partial charge in [-0.1, -0.05) is 49.8 Å². The average molecular weight is 896 g/mol. The molecule has 5 atom stereocenters. The standard InChI is InChI=1S/C38H42IN9O7S/c1-5-18(2)31(40)37(55)45-29(16-30(49)50)36(54)44-28(14-22-17-41-25-9-7-6-8-24(22)25)35(53)42-19(3)32(51)26-15-27(48-47-26)33-20(4)43-38(56-33)46-34(52)21-10-12-23(39)13-11-21/h6-13,15,17-19,28-29,31,41H,5,14,16,40H2,1-4H3,(H,42,53)(H,44,54)(H,45,55)(H,47,48)(H,49,50)(H,43,46,52)/t18-,19-,28-,29+,31-/m0/s1. The number of fused-ring (bicyclic) bond motifs is 1. The van der Waals surface area contributed by atoms with Crippen LogP contribution in [0, 0.1) is 16.4 Å². The number of ketones is 1. The summed E-state index contributed by atoms with van der Waals surface area (Å²) in [5, 5.41) is 28.2. The number of nitrogens with two attached hydrogens (primary N) is 1. The van der Waals surface area contributed by atoms with Gasteiger partial charge in [0.05, 0.1) is 34.8 Å². The van der Waals surface area contributed by atoms with Gasteiger partial charge in [-0.15, -0.1) is 0 Å². The Hall–Kier alpha value is -5.47. The minimum Gasteiger partial charge on any atom is -0.481 e. The second-order valence-corrected chi connectivity index (χ2v) is 15.6. The van der Waals surface area contributed by atoms with E-state index < -0.39 is 60.1 Å². The van der Waals surface area contributed by atoms with Gasteiger partial charge >= 0.3 is 5.97 Å². The molecule has 3 heterocycles. The van der Waals surface area contributed by atoms with Crippen molar-refractivity contribution in [2.45, 2.75) is 71.1 Å². The molecule has 2 aromatic carbocycles. The number of aliphatic carboxylic acids is 1. The molecule has 3 aromatic heterocycles. The number of aryl methyl sites for hydroxylation is 1. The van der Waals surface area contributed by atoms with Crippen LogP contribution in [0.2, 0.25) is 0 Å². The van der Waals surface area contributed by atoms with Gasteiger partial charge in [-0.2, -0.15) is 5.10 Å². The van der Waals surface area contributed by atoms with Crippen LogP contribution in [0.15, 0.2) is 60.8 Å². The van der Waals surface area contributed by atoms with E-state index in [1.54, 1.807) is 32.2 Å². The van der Waals surface area contributed by atoms with Gasteiger partial charge in [-0.05, 0) is 84.3 Å². The van der Waals surface area contributed by atoms with Crippen LogP contribution in [0.1, 0.15) is 65.7 Å². The number of hydrogen-bond acceptors (Lipinski definition) is 10. The fraction of sp³-hybridized carbons (Fsp3) is 0.316. The topological polar surface area (TPSA) is 254 Å². The SMILES string of the molecule is CC[C@H](C)[C@H](N)C(=O)N[C@H](CC(=O)O)C(=O)N[C@@H](Cc1c[nH]c2ccccc12)C(=O)N[C@@H](C)C(=O)c1cc(-c2sc(NC(=O)c3ccc(I)cc3)nc2C)[nH]n1. The van der Waals surface area contributed by atoms with Crippen molar-refractivity contribution in [1.29, 1.82) is 0 Å². The second-order valence-electron chi connectivity index (χ2n) is 13.4. The number of hydrogen-bond donors (Lipinski definition) is 8. The maximum Gasteiger partial charge on any atom is 0.305 e. The number of carbonyl (C=O) groups excluding carboxylic acids is 5. The van der Waals surface area contributed by atoms with E-state index in [4.69, 9.17) is 5.73 Å². The van der Waals surface area contributed by atoms with E-state index in [9.17, 15) is 33.9 Å². The first kappa shape index (κ1) is 41.7. The molecular formula is C38H42IN9O7S. The van der Waals surface area contributed by atoms with Crippen LogP contribution in [-0.2, 0) is 25.6 Å². The lowest BCUT2D eigenvalue weighted by Crippen LogP contribution is -2.58. The Morgan fingerprint density at radius 1 is 0.946 bits per heavy atom. The number of carboxylic acid groups (broad SMARTS) is 1. The minimum absolute atomic E-state index is 0.0177. The Morgan fingerprint density at radius 2 is 1.62 bits per heavy atom. The van der Waals surface area contributed by atoms with Gasteiger partial charge in [0, 0.05) is 32.7 Å². The Bertz CT molecular complexity index is 2250. The lowest BCUT2D eigenvalue weighted by Gasteiger charge is -2.25. The van der Waals surface area contributed by atoms with Crippen LogP contribution >= 0.6 is 33.9 Å². The van der Waals surface area contributed by atoms with E-state index in [1.165, 1.54) is 24.3 Å². The second kappa shape index (κ2) is 18.4. The van der Waals surface area contributed by atoms with Crippen molar-refractivity contribution in [2.24, 2.45) is 11.7 Å². The minimum atomic E-state index is -1.54. The molecule has 4 amide bonds. The van der Waals surface area contributed by atoms with Crippen LogP contribution in [0.5, 0.6) is 0 Å². The predicted molar refractivity (Wildman–Crippen MR) is 219 cm³/mol. The lowest BCUT2D eigenvalue weighted by molar-refractivity contribution is -0.141. The van der Waals surface area contributed by atoms with Crippen LogP contribution in [0.4, 0.5) is 5.13 Å². The van der Waals surface area contributed by atoms with E-state index in [0.717, 1.165) is 14.5 Å². The molecule has 294 valence electrons. The van der Waals surface area contributed by atoms with Gasteiger partial charge in [0.25, 0.3) is 5.91 Å². The number of para-hydroxylation sites is 1. The highest BCUT2D eigenvalue weighted by molar-refractivity contribution is 14.1. The number of amides is 4. The van der Waals surface area contributed by atoms with Gasteiger partial charge in [-0.3, -0.25) is 39.2 Å². The van der Waals surface area contributed by atoms with Crippen LogP contribution < -0.4 is 27.0 Å². The molecule has 0 saturated heterocycles. The number of halogens is 1. The zero-order chi connectivity index (χ0) is 40.7. The average Bonchev–Trinajstić information content (AvgIpc) is 3.91. The molecule has 0 fully saturated rings. The van der Waals surface area contributed by atoms with E-state index in [0.29, 0.717) is 38.9 Å². The number of carbonyl (C=O) groups is 6. The molecule has 0 spiro atoms. The molecule has 0 aliphatic heterocycles. The van der Waals surface area contributed by atoms with Crippen molar-refractivity contribution in [3.05, 3.63) is 86.9 Å². The largest absolute Gasteiger partial charge is 0.481 e. The molecule has 0 bridgehead atoms. The Labute approximate surface area is 339 Å². The smallest absolute Gasteiger partial charge is 0.305 e. The van der Waals surface area contributed by atoms with Gasteiger partial charge < -0.3 is 31.8 Å². The summed E-state index contributed by atoms with van der Waals surface area (Å²) in [6.45, 7) is 6.83. The van der Waals surface area contributed by atoms with E-state index >= 15 is 0 Å². The summed E-state index contributed by atoms with van der Waals surface area (Å²) in [6.07, 6.45) is 1.47. The summed E-state index contributed by atoms with van der Waals surface area (Å²) >= 11 is 3.35. The molecule has 9 N–H and O–H groups in total. The van der Waals surface area contributed by atoms with Gasteiger partial charge in [0.15, 0.2) is 5.13 Å². The predicted octanol–water partition coefficient (Wildman–Crippen LogP) is 3.93. The first-order valence-corrected chi connectivity index (χ1v) is 19.6. The number of aromatic amines is 2. The highest BCUT2D eigenvalue weighted by Gasteiger charge is 2.32. The molecule has 0 saturated carbocycles. The summed E-state index contributed by atoms with van der Waals surface area (Å²) in [4.78, 5) is 86.7. The molecule has 56 heavy (non-hydrogen) atoms. The third-order valence-corrected chi connectivity index (χ3v) is 11.1. The fourth-order valence-corrected chi connectivity index (χ4v) is 7.09. The van der Waals surface area contributed by atoms with Gasteiger partial charge in [0.1, 0.15) is 17.8 Å². The highest BCUT2D eigenvalue weighted by atomic mass is 127. The zero-order valence-corrected chi connectivity index (χ0v) is 33.9.